The molecule has 0 amide bonds. The van der Waals surface area contributed by atoms with Crippen molar-refractivity contribution in [3.8, 4) is 10.6 Å². The van der Waals surface area contributed by atoms with Gasteiger partial charge in [-0.15, -0.1) is 11.3 Å². The van der Waals surface area contributed by atoms with Crippen LogP contribution in [0.25, 0.3) is 10.6 Å². The predicted molar refractivity (Wildman–Crippen MR) is 74.6 cm³/mol. The Morgan fingerprint density at radius 2 is 2.16 bits per heavy atom. The zero-order valence-electron chi connectivity index (χ0n) is 11.3. The highest BCUT2D eigenvalue weighted by Crippen LogP contribution is 2.31. The second-order valence-corrected chi connectivity index (χ2v) is 5.37. The second kappa shape index (κ2) is 5.52. The number of carboxylic acid groups (broad SMARTS) is 1. The first-order chi connectivity index (χ1) is 9.06. The summed E-state index contributed by atoms with van der Waals surface area (Å²) in [5, 5.41) is 14.4. The maximum Gasteiger partial charge on any atom is 0.347 e. The van der Waals surface area contributed by atoms with Crippen LogP contribution in [0.4, 0.5) is 0 Å². The minimum absolute atomic E-state index is 0.350. The largest absolute Gasteiger partial charge is 0.477 e. The summed E-state index contributed by atoms with van der Waals surface area (Å²) in [6.07, 6.45) is 4.29. The summed E-state index contributed by atoms with van der Waals surface area (Å²) in [6.45, 7) is 4.05. The van der Waals surface area contributed by atoms with Crippen LogP contribution in [0.1, 0.15) is 41.3 Å². The molecule has 5 nitrogen and oxygen atoms in total. The Morgan fingerprint density at radius 1 is 1.42 bits per heavy atom. The lowest BCUT2D eigenvalue weighted by Crippen LogP contribution is -1.98. The number of aromatic carboxylic acids is 1. The van der Waals surface area contributed by atoms with Gasteiger partial charge in [0.2, 0.25) is 0 Å². The third-order valence-corrected chi connectivity index (χ3v) is 3.97. The minimum atomic E-state index is -0.894. The molecule has 0 unspecified atom stereocenters. The van der Waals surface area contributed by atoms with E-state index < -0.39 is 5.97 Å². The third-order valence-electron chi connectivity index (χ3n) is 2.85. The summed E-state index contributed by atoms with van der Waals surface area (Å²) in [5.74, 6) is -0.894. The third kappa shape index (κ3) is 2.68. The van der Waals surface area contributed by atoms with Crippen molar-refractivity contribution in [2.75, 3.05) is 0 Å². The summed E-state index contributed by atoms with van der Waals surface area (Å²) in [4.78, 5) is 16.1. The molecule has 0 radical (unpaired) electrons. The molecule has 2 aromatic rings. The number of carbonyl (C=O) groups is 1. The molecule has 0 aliphatic rings. The molecule has 0 aliphatic carbocycles. The monoisotopic (exact) mass is 279 g/mol. The first kappa shape index (κ1) is 13.7. The Balaban J connectivity index is 2.50. The van der Waals surface area contributed by atoms with Gasteiger partial charge in [-0.3, -0.25) is 4.68 Å². The molecule has 19 heavy (non-hydrogen) atoms. The highest BCUT2D eigenvalue weighted by atomic mass is 32.1. The number of aromatic nitrogens is 3. The molecular formula is C13H17N3O2S. The molecule has 0 saturated heterocycles. The Kier molecular flexibility index (Phi) is 3.99. The fourth-order valence-corrected chi connectivity index (χ4v) is 3.00. The SMILES string of the molecule is CCCc1nc(-c2cn(C)nc2CC)sc1C(=O)O. The van der Waals surface area contributed by atoms with Gasteiger partial charge in [0.1, 0.15) is 9.88 Å². The van der Waals surface area contributed by atoms with Gasteiger partial charge in [-0.05, 0) is 12.8 Å². The van der Waals surface area contributed by atoms with Crippen molar-refractivity contribution in [1.82, 2.24) is 14.8 Å². The van der Waals surface area contributed by atoms with Gasteiger partial charge in [0.15, 0.2) is 0 Å². The normalized spacial score (nSPS) is 10.9. The average Bonchev–Trinajstić information content (AvgIpc) is 2.93. The first-order valence-electron chi connectivity index (χ1n) is 6.32. The fourth-order valence-electron chi connectivity index (χ4n) is 2.01. The van der Waals surface area contributed by atoms with Crippen molar-refractivity contribution in [3.63, 3.8) is 0 Å². The van der Waals surface area contributed by atoms with E-state index in [0.717, 1.165) is 29.1 Å². The summed E-state index contributed by atoms with van der Waals surface area (Å²) < 4.78 is 1.75. The number of hydrogen-bond donors (Lipinski definition) is 1. The summed E-state index contributed by atoms with van der Waals surface area (Å²) >= 11 is 1.24. The Bertz CT molecular complexity index is 601. The predicted octanol–water partition coefficient (Wildman–Crippen LogP) is 2.76. The summed E-state index contributed by atoms with van der Waals surface area (Å²) in [5.41, 5.74) is 2.58. The number of hydrogen-bond acceptors (Lipinski definition) is 4. The van der Waals surface area contributed by atoms with Crippen LogP contribution < -0.4 is 0 Å². The molecule has 0 atom stereocenters. The minimum Gasteiger partial charge on any atom is -0.477 e. The number of nitrogens with zero attached hydrogens (tertiary/aromatic N) is 3. The zero-order valence-corrected chi connectivity index (χ0v) is 12.1. The number of aryl methyl sites for hydroxylation is 3. The van der Waals surface area contributed by atoms with Gasteiger partial charge >= 0.3 is 5.97 Å². The summed E-state index contributed by atoms with van der Waals surface area (Å²) in [6, 6.07) is 0. The van der Waals surface area contributed by atoms with Crippen LogP contribution in [0.5, 0.6) is 0 Å². The molecule has 0 fully saturated rings. The first-order valence-corrected chi connectivity index (χ1v) is 7.14. The molecule has 0 bridgehead atoms. The van der Waals surface area contributed by atoms with E-state index in [1.807, 2.05) is 27.1 Å². The number of thiazole rings is 1. The van der Waals surface area contributed by atoms with E-state index >= 15 is 0 Å². The highest BCUT2D eigenvalue weighted by Gasteiger charge is 2.20. The highest BCUT2D eigenvalue weighted by molar-refractivity contribution is 7.17. The molecule has 0 spiro atoms. The maximum absolute atomic E-state index is 11.3. The maximum atomic E-state index is 11.3. The van der Waals surface area contributed by atoms with Crippen LogP contribution in [0, 0.1) is 0 Å². The van der Waals surface area contributed by atoms with Crippen LogP contribution in [-0.4, -0.2) is 25.8 Å². The van der Waals surface area contributed by atoms with Gasteiger partial charge < -0.3 is 5.11 Å². The molecule has 0 saturated carbocycles. The van der Waals surface area contributed by atoms with Crippen molar-refractivity contribution < 1.29 is 9.90 Å². The van der Waals surface area contributed by atoms with Crippen LogP contribution in [-0.2, 0) is 19.9 Å². The molecule has 2 heterocycles. The van der Waals surface area contributed by atoms with Gasteiger partial charge in [-0.25, -0.2) is 9.78 Å². The fraction of sp³-hybridized carbons (Fsp3) is 0.462. The van der Waals surface area contributed by atoms with E-state index in [-0.39, 0.29) is 0 Å². The summed E-state index contributed by atoms with van der Waals surface area (Å²) in [7, 11) is 1.86. The van der Waals surface area contributed by atoms with Gasteiger partial charge in [-0.2, -0.15) is 5.10 Å². The second-order valence-electron chi connectivity index (χ2n) is 4.37. The Morgan fingerprint density at radius 3 is 2.74 bits per heavy atom. The lowest BCUT2D eigenvalue weighted by Gasteiger charge is -1.94. The van der Waals surface area contributed by atoms with E-state index in [4.69, 9.17) is 0 Å². The van der Waals surface area contributed by atoms with E-state index in [1.54, 1.807) is 4.68 Å². The molecule has 0 aliphatic heterocycles. The molecule has 2 aromatic heterocycles. The van der Waals surface area contributed by atoms with Crippen molar-refractivity contribution in [3.05, 3.63) is 22.5 Å². The topological polar surface area (TPSA) is 68.0 Å². The lowest BCUT2D eigenvalue weighted by atomic mass is 10.2. The molecule has 2 rings (SSSR count). The smallest absolute Gasteiger partial charge is 0.347 e. The van der Waals surface area contributed by atoms with E-state index in [0.29, 0.717) is 17.0 Å². The van der Waals surface area contributed by atoms with E-state index in [2.05, 4.69) is 10.1 Å². The molecule has 1 N–H and O–H groups in total. The van der Waals surface area contributed by atoms with Crippen LogP contribution in [0.2, 0.25) is 0 Å². The van der Waals surface area contributed by atoms with E-state index in [1.165, 1.54) is 11.3 Å². The zero-order chi connectivity index (χ0) is 14.0. The number of carboxylic acids is 1. The van der Waals surface area contributed by atoms with Crippen molar-refractivity contribution in [2.24, 2.45) is 7.05 Å². The van der Waals surface area contributed by atoms with Crippen molar-refractivity contribution in [1.29, 1.82) is 0 Å². The van der Waals surface area contributed by atoms with Crippen molar-refractivity contribution in [2.45, 2.75) is 33.1 Å². The quantitative estimate of drug-likeness (QED) is 0.913. The van der Waals surface area contributed by atoms with Gasteiger partial charge in [0, 0.05) is 13.2 Å². The standard InChI is InChI=1S/C13H17N3O2S/c1-4-6-10-11(13(17)18)19-12(14-10)8-7-16(3)15-9(8)5-2/h7H,4-6H2,1-3H3,(H,17,18). The molecule has 6 heteroatoms. The number of rotatable bonds is 5. The molecule has 0 aromatic carbocycles. The van der Waals surface area contributed by atoms with Gasteiger partial charge in [0.05, 0.1) is 17.0 Å². The average molecular weight is 279 g/mol. The lowest BCUT2D eigenvalue weighted by molar-refractivity contribution is 0.0700. The van der Waals surface area contributed by atoms with Crippen LogP contribution >= 0.6 is 11.3 Å². The van der Waals surface area contributed by atoms with Crippen LogP contribution in [0.15, 0.2) is 6.20 Å². The molecule has 102 valence electrons. The van der Waals surface area contributed by atoms with E-state index in [9.17, 15) is 9.90 Å². The van der Waals surface area contributed by atoms with Gasteiger partial charge in [0.25, 0.3) is 0 Å². The van der Waals surface area contributed by atoms with Gasteiger partial charge in [-0.1, -0.05) is 20.3 Å². The Labute approximate surface area is 115 Å². The van der Waals surface area contributed by atoms with Crippen molar-refractivity contribution >= 4 is 17.3 Å². The Hall–Kier alpha value is -1.69. The van der Waals surface area contributed by atoms with Crippen LogP contribution in [0.3, 0.4) is 0 Å². The molecular weight excluding hydrogens is 262 g/mol.